The monoisotopic (exact) mass is 697 g/mol. The number of aromatic nitrogens is 1. The zero-order valence-corrected chi connectivity index (χ0v) is 28.2. The number of hydrogen-bond donors (Lipinski definition) is 3. The fourth-order valence-electron chi connectivity index (χ4n) is 5.51. The summed E-state index contributed by atoms with van der Waals surface area (Å²) in [6.45, 7) is 4.16. The van der Waals surface area contributed by atoms with E-state index in [0.717, 1.165) is 27.7 Å². The number of ether oxygens (including phenoxy) is 1. The summed E-state index contributed by atoms with van der Waals surface area (Å²) in [5.74, 6) is -0.932. The van der Waals surface area contributed by atoms with Crippen LogP contribution in [0, 0.1) is 5.92 Å². The third-order valence-electron chi connectivity index (χ3n) is 8.32. The molecule has 45 heavy (non-hydrogen) atoms. The van der Waals surface area contributed by atoms with E-state index >= 15 is 0 Å². The lowest BCUT2D eigenvalue weighted by molar-refractivity contribution is -0.130. The van der Waals surface area contributed by atoms with Crippen molar-refractivity contribution >= 4 is 75.5 Å². The molecule has 3 fully saturated rings. The van der Waals surface area contributed by atoms with Gasteiger partial charge in [-0.3, -0.25) is 14.3 Å². The minimum Gasteiger partial charge on any atom is -0.472 e. The second-order valence-electron chi connectivity index (χ2n) is 11.6. The Morgan fingerprint density at radius 2 is 1.78 bits per heavy atom. The molecular formula is C31H38Cl3N5O5S. The molecule has 0 spiro atoms. The number of fused-ring (bicyclic) bond motifs is 1. The van der Waals surface area contributed by atoms with Gasteiger partial charge in [-0.15, -0.1) is 43.8 Å². The highest BCUT2D eigenvalue weighted by Crippen LogP contribution is 2.45. The molecule has 0 bridgehead atoms. The highest BCUT2D eigenvalue weighted by atomic mass is 35.5. The fourth-order valence-corrected chi connectivity index (χ4v) is 6.87. The van der Waals surface area contributed by atoms with Crippen LogP contribution in [0.1, 0.15) is 25.7 Å². The molecule has 2 amide bonds. The maximum absolute atomic E-state index is 13.3. The van der Waals surface area contributed by atoms with Gasteiger partial charge in [0.15, 0.2) is 0 Å². The second kappa shape index (κ2) is 14.1. The predicted octanol–water partition coefficient (Wildman–Crippen LogP) is 4.01. The van der Waals surface area contributed by atoms with Gasteiger partial charge in [0.2, 0.25) is 21.8 Å². The van der Waals surface area contributed by atoms with Crippen molar-refractivity contribution in [3.63, 3.8) is 0 Å². The maximum atomic E-state index is 13.3. The van der Waals surface area contributed by atoms with E-state index < -0.39 is 32.8 Å². The van der Waals surface area contributed by atoms with Crippen LogP contribution in [-0.4, -0.2) is 68.8 Å². The Balaban J connectivity index is 0.00000184. The van der Waals surface area contributed by atoms with Crippen molar-refractivity contribution in [3.05, 3.63) is 67.3 Å². The highest BCUT2D eigenvalue weighted by molar-refractivity contribution is 7.91. The van der Waals surface area contributed by atoms with Gasteiger partial charge in [0.25, 0.3) is 5.91 Å². The lowest BCUT2D eigenvalue weighted by atomic mass is 10.1. The van der Waals surface area contributed by atoms with Gasteiger partial charge in [-0.1, -0.05) is 36.4 Å². The molecular weight excluding hydrogens is 661 g/mol. The van der Waals surface area contributed by atoms with E-state index in [0.29, 0.717) is 38.1 Å². The normalized spacial score (nSPS) is 23.4. The van der Waals surface area contributed by atoms with Crippen LogP contribution in [0.4, 0.5) is 5.69 Å². The van der Waals surface area contributed by atoms with Crippen LogP contribution in [0.25, 0.3) is 22.0 Å². The number of rotatable bonds is 10. The smallest absolute Gasteiger partial charge is 0.259 e. The van der Waals surface area contributed by atoms with Gasteiger partial charge < -0.3 is 20.3 Å². The molecule has 0 radical (unpaired) electrons. The largest absolute Gasteiger partial charge is 0.472 e. The van der Waals surface area contributed by atoms with Gasteiger partial charge in [-0.05, 0) is 48.9 Å². The van der Waals surface area contributed by atoms with E-state index in [1.807, 2.05) is 73.6 Å². The standard InChI is InChI=1S/C31H35N5O5S.3ClH/c1-4-21-17-31(21,30(38)35-42(39,40)24-13-14-24)34-28(37)27-16-23(18-32-27)41-29-25-8-6-5-7-20(25)15-26(33-29)19-9-11-22(12-10-19)36(2)3;;;/h4-12,15,21,23-24,27,32H,1,13-14,16-18H2,2-3H3,(H,34,37)(H,35,38);3*1H/t21-,23-,27+,31-;;;/m1.../s1. The van der Waals surface area contributed by atoms with Crippen LogP contribution in [0.15, 0.2) is 67.3 Å². The zero-order chi connectivity index (χ0) is 29.6. The molecule has 1 saturated heterocycles. The number of carbonyl (C=O) groups excluding carboxylic acids is 2. The second-order valence-corrected chi connectivity index (χ2v) is 13.6. The van der Waals surface area contributed by atoms with E-state index in [9.17, 15) is 18.0 Å². The van der Waals surface area contributed by atoms with Crippen LogP contribution in [0.3, 0.4) is 0 Å². The van der Waals surface area contributed by atoms with Crippen molar-refractivity contribution in [3.8, 4) is 17.1 Å². The minimum atomic E-state index is -3.74. The molecule has 1 aromatic heterocycles. The van der Waals surface area contributed by atoms with Gasteiger partial charge >= 0.3 is 0 Å². The molecule has 3 aromatic rings. The van der Waals surface area contributed by atoms with Crippen molar-refractivity contribution in [1.82, 2.24) is 20.3 Å². The number of nitrogens with zero attached hydrogens (tertiary/aromatic N) is 2. The topological polar surface area (TPSA) is 130 Å². The quantitative estimate of drug-likeness (QED) is 0.271. The number of sulfonamides is 1. The average Bonchev–Trinajstić information content (AvgIpc) is 3.90. The molecule has 2 saturated carbocycles. The summed E-state index contributed by atoms with van der Waals surface area (Å²) in [6.07, 6.45) is 2.98. The number of hydrogen-bond acceptors (Lipinski definition) is 8. The first-order valence-electron chi connectivity index (χ1n) is 14.2. The van der Waals surface area contributed by atoms with Crippen molar-refractivity contribution in [2.45, 2.75) is 48.6 Å². The molecule has 3 aliphatic rings. The molecule has 2 heterocycles. The molecule has 2 aliphatic carbocycles. The molecule has 6 rings (SSSR count). The average molecular weight is 699 g/mol. The van der Waals surface area contributed by atoms with Gasteiger partial charge in [0, 0.05) is 49.6 Å². The summed E-state index contributed by atoms with van der Waals surface area (Å²) < 4.78 is 33.3. The van der Waals surface area contributed by atoms with Crippen molar-refractivity contribution in [2.75, 3.05) is 25.5 Å². The summed E-state index contributed by atoms with van der Waals surface area (Å²) in [5, 5.41) is 7.35. The summed E-state index contributed by atoms with van der Waals surface area (Å²) in [5.41, 5.74) is 1.53. The first kappa shape index (κ1) is 36.4. The Morgan fingerprint density at radius 1 is 1.09 bits per heavy atom. The Bertz CT molecular complexity index is 1670. The van der Waals surface area contributed by atoms with Crippen LogP contribution in [-0.2, 0) is 19.6 Å². The van der Waals surface area contributed by atoms with Crippen LogP contribution >= 0.6 is 37.2 Å². The zero-order valence-electron chi connectivity index (χ0n) is 24.9. The SMILES string of the molecule is C=C[C@@H]1C[C@]1(NC(=O)[C@@H]1C[C@@H](Oc2nc(-c3ccc(N(C)C)cc3)cc3ccccc23)CN1)C(=O)NS(=O)(=O)C1CC1.Cl.Cl.Cl. The summed E-state index contributed by atoms with van der Waals surface area (Å²) in [7, 11) is 0.253. The number of anilines is 1. The van der Waals surface area contributed by atoms with Crippen molar-refractivity contribution < 1.29 is 22.7 Å². The van der Waals surface area contributed by atoms with E-state index in [2.05, 4.69) is 21.9 Å². The molecule has 244 valence electrons. The van der Waals surface area contributed by atoms with E-state index in [-0.39, 0.29) is 55.2 Å². The fraction of sp³-hybridized carbons (Fsp3) is 0.387. The Morgan fingerprint density at radius 3 is 2.40 bits per heavy atom. The molecule has 1 aliphatic heterocycles. The van der Waals surface area contributed by atoms with E-state index in [1.54, 1.807) is 6.08 Å². The Hall–Kier alpha value is -3.09. The molecule has 10 nitrogen and oxygen atoms in total. The van der Waals surface area contributed by atoms with Gasteiger partial charge in [0.1, 0.15) is 11.6 Å². The Labute approximate surface area is 282 Å². The molecule has 4 atom stereocenters. The molecule has 0 unspecified atom stereocenters. The molecule has 2 aromatic carbocycles. The number of nitrogens with one attached hydrogen (secondary N) is 3. The third-order valence-corrected chi connectivity index (χ3v) is 10.1. The van der Waals surface area contributed by atoms with Crippen LogP contribution in [0.2, 0.25) is 0 Å². The summed E-state index contributed by atoms with van der Waals surface area (Å²) >= 11 is 0. The number of benzene rings is 2. The third kappa shape index (κ3) is 7.49. The minimum absolute atomic E-state index is 0. The number of carbonyl (C=O) groups is 2. The summed E-state index contributed by atoms with van der Waals surface area (Å²) in [4.78, 5) is 33.2. The summed E-state index contributed by atoms with van der Waals surface area (Å²) in [6, 6.07) is 17.5. The predicted molar refractivity (Wildman–Crippen MR) is 183 cm³/mol. The first-order chi connectivity index (χ1) is 20.1. The van der Waals surface area contributed by atoms with Crippen molar-refractivity contribution in [2.24, 2.45) is 5.92 Å². The lowest BCUT2D eigenvalue weighted by Gasteiger charge is -2.21. The number of pyridine rings is 1. The Kier molecular flexibility index (Phi) is 11.4. The van der Waals surface area contributed by atoms with E-state index in [4.69, 9.17) is 9.72 Å². The van der Waals surface area contributed by atoms with Crippen molar-refractivity contribution in [1.29, 1.82) is 0 Å². The van der Waals surface area contributed by atoms with Crippen LogP contribution < -0.4 is 25.0 Å². The lowest BCUT2D eigenvalue weighted by Crippen LogP contribution is -2.55. The number of amides is 2. The van der Waals surface area contributed by atoms with Gasteiger partial charge in [-0.25, -0.2) is 13.4 Å². The van der Waals surface area contributed by atoms with Crippen LogP contribution in [0.5, 0.6) is 5.88 Å². The maximum Gasteiger partial charge on any atom is 0.259 e. The first-order valence-corrected chi connectivity index (χ1v) is 15.7. The molecule has 14 heteroatoms. The van der Waals surface area contributed by atoms with Gasteiger partial charge in [-0.2, -0.15) is 0 Å². The van der Waals surface area contributed by atoms with E-state index in [1.165, 1.54) is 0 Å². The number of halogens is 3. The molecule has 3 N–H and O–H groups in total. The van der Waals surface area contributed by atoms with Gasteiger partial charge in [0.05, 0.1) is 17.0 Å². The highest BCUT2D eigenvalue weighted by Gasteiger charge is 2.61.